The summed E-state index contributed by atoms with van der Waals surface area (Å²) in [7, 11) is 0. The Morgan fingerprint density at radius 3 is 2.44 bits per heavy atom. The number of amides is 1. The molecule has 1 amide bonds. The van der Waals surface area contributed by atoms with E-state index in [2.05, 4.69) is 5.32 Å². The maximum atomic E-state index is 11.8. The maximum absolute atomic E-state index is 11.8. The molecule has 25 heavy (non-hydrogen) atoms. The molecule has 0 aliphatic rings. The third-order valence-electron chi connectivity index (χ3n) is 3.60. The molecule has 0 aliphatic heterocycles. The number of para-hydroxylation sites is 1. The van der Waals surface area contributed by atoms with E-state index < -0.39 is 5.97 Å². The minimum atomic E-state index is -0.410. The van der Waals surface area contributed by atoms with Gasteiger partial charge in [-0.25, -0.2) is 0 Å². The van der Waals surface area contributed by atoms with E-state index in [9.17, 15) is 9.59 Å². The summed E-state index contributed by atoms with van der Waals surface area (Å²) < 4.78 is 10.5. The zero-order chi connectivity index (χ0) is 18.1. The first-order valence-corrected chi connectivity index (χ1v) is 8.25. The molecule has 0 aliphatic carbocycles. The lowest BCUT2D eigenvalue weighted by Crippen LogP contribution is -2.21. The van der Waals surface area contributed by atoms with Crippen LogP contribution in [0.15, 0.2) is 48.5 Å². The van der Waals surface area contributed by atoms with Crippen molar-refractivity contribution in [3.8, 4) is 5.75 Å². The van der Waals surface area contributed by atoms with Crippen molar-refractivity contribution >= 4 is 17.6 Å². The summed E-state index contributed by atoms with van der Waals surface area (Å²) in [6.45, 7) is 4.05. The lowest BCUT2D eigenvalue weighted by atomic mass is 10.2. The van der Waals surface area contributed by atoms with Crippen molar-refractivity contribution in [2.24, 2.45) is 0 Å². The van der Waals surface area contributed by atoms with Crippen LogP contribution in [-0.4, -0.2) is 25.1 Å². The molecule has 0 saturated heterocycles. The minimum absolute atomic E-state index is 0.212. The molecule has 0 spiro atoms. The van der Waals surface area contributed by atoms with Gasteiger partial charge in [-0.15, -0.1) is 0 Å². The zero-order valence-corrected chi connectivity index (χ0v) is 14.6. The Bertz CT molecular complexity index is 710. The normalized spacial score (nSPS) is 10.2. The van der Waals surface area contributed by atoms with Crippen molar-refractivity contribution < 1.29 is 19.1 Å². The number of carbonyl (C=O) groups excluding carboxylic acids is 2. The number of rotatable bonds is 8. The quantitative estimate of drug-likeness (QED) is 0.588. The Labute approximate surface area is 148 Å². The highest BCUT2D eigenvalue weighted by molar-refractivity contribution is 5.93. The van der Waals surface area contributed by atoms with Gasteiger partial charge in [0.1, 0.15) is 5.75 Å². The van der Waals surface area contributed by atoms with Crippen LogP contribution in [0.1, 0.15) is 24.0 Å². The van der Waals surface area contributed by atoms with Gasteiger partial charge < -0.3 is 14.8 Å². The number of hydrogen-bond acceptors (Lipinski definition) is 4. The second kappa shape index (κ2) is 9.47. The summed E-state index contributed by atoms with van der Waals surface area (Å²) in [5, 5.41) is 2.72. The third-order valence-corrected chi connectivity index (χ3v) is 3.60. The van der Waals surface area contributed by atoms with Gasteiger partial charge in [0.15, 0.2) is 6.61 Å². The molecule has 0 saturated carbocycles. The molecule has 0 radical (unpaired) electrons. The Morgan fingerprint density at radius 1 is 1.00 bits per heavy atom. The smallest absolute Gasteiger partial charge is 0.306 e. The van der Waals surface area contributed by atoms with E-state index >= 15 is 0 Å². The van der Waals surface area contributed by atoms with Crippen LogP contribution < -0.4 is 10.1 Å². The van der Waals surface area contributed by atoms with Crippen molar-refractivity contribution in [3.63, 3.8) is 0 Å². The second-order valence-corrected chi connectivity index (χ2v) is 5.79. The standard InChI is InChI=1S/C20H23NO4/c1-15-9-11-17(12-10-15)24-13-5-8-20(23)25-14-19(22)21-18-7-4-3-6-16(18)2/h3-4,6-7,9-12H,5,8,13-14H2,1-2H3,(H,21,22). The van der Waals surface area contributed by atoms with Gasteiger partial charge in [-0.3, -0.25) is 9.59 Å². The summed E-state index contributed by atoms with van der Waals surface area (Å²) in [5.74, 6) is 0.0163. The average molecular weight is 341 g/mol. The third kappa shape index (κ3) is 6.67. The molecule has 5 nitrogen and oxygen atoms in total. The van der Waals surface area contributed by atoms with Crippen LogP contribution in [0.2, 0.25) is 0 Å². The molecular weight excluding hydrogens is 318 g/mol. The van der Waals surface area contributed by atoms with E-state index in [1.54, 1.807) is 6.07 Å². The van der Waals surface area contributed by atoms with Gasteiger partial charge in [0.25, 0.3) is 5.91 Å². The molecule has 0 heterocycles. The Balaban J connectivity index is 1.61. The summed E-state index contributed by atoms with van der Waals surface area (Å²) in [6, 6.07) is 15.2. The molecule has 0 atom stereocenters. The van der Waals surface area contributed by atoms with Crippen LogP contribution in [0.3, 0.4) is 0 Å². The molecule has 2 aromatic rings. The number of carbonyl (C=O) groups is 2. The van der Waals surface area contributed by atoms with Crippen molar-refractivity contribution in [2.75, 3.05) is 18.5 Å². The molecule has 1 N–H and O–H groups in total. The fourth-order valence-corrected chi connectivity index (χ4v) is 2.16. The summed E-state index contributed by atoms with van der Waals surface area (Å²) in [4.78, 5) is 23.5. The SMILES string of the molecule is Cc1ccc(OCCCC(=O)OCC(=O)Nc2ccccc2C)cc1. The molecule has 132 valence electrons. The van der Waals surface area contributed by atoms with Gasteiger partial charge in [-0.1, -0.05) is 35.9 Å². The van der Waals surface area contributed by atoms with Crippen molar-refractivity contribution in [1.29, 1.82) is 0 Å². The van der Waals surface area contributed by atoms with Crippen LogP contribution in [0, 0.1) is 13.8 Å². The number of ether oxygens (including phenoxy) is 2. The van der Waals surface area contributed by atoms with Crippen molar-refractivity contribution in [1.82, 2.24) is 0 Å². The Morgan fingerprint density at radius 2 is 1.72 bits per heavy atom. The van der Waals surface area contributed by atoms with Crippen molar-refractivity contribution in [3.05, 3.63) is 59.7 Å². The van der Waals surface area contributed by atoms with E-state index in [-0.39, 0.29) is 18.9 Å². The molecule has 5 heteroatoms. The molecule has 0 bridgehead atoms. The monoisotopic (exact) mass is 341 g/mol. The van der Waals surface area contributed by atoms with E-state index in [1.165, 1.54) is 5.56 Å². The van der Waals surface area contributed by atoms with Gasteiger partial charge in [0.2, 0.25) is 0 Å². The number of hydrogen-bond donors (Lipinski definition) is 1. The largest absolute Gasteiger partial charge is 0.494 e. The van der Waals surface area contributed by atoms with Gasteiger partial charge in [0, 0.05) is 12.1 Å². The van der Waals surface area contributed by atoms with Crippen LogP contribution in [0.25, 0.3) is 0 Å². The molecule has 2 rings (SSSR count). The summed E-state index contributed by atoms with van der Waals surface area (Å²) >= 11 is 0. The fraction of sp³-hybridized carbons (Fsp3) is 0.300. The van der Waals surface area contributed by atoms with E-state index in [1.807, 2.05) is 56.3 Å². The van der Waals surface area contributed by atoms with Crippen LogP contribution in [0.5, 0.6) is 5.75 Å². The fourth-order valence-electron chi connectivity index (χ4n) is 2.16. The topological polar surface area (TPSA) is 64.6 Å². The predicted molar refractivity (Wildman–Crippen MR) is 96.7 cm³/mol. The van der Waals surface area contributed by atoms with E-state index in [0.717, 1.165) is 17.0 Å². The minimum Gasteiger partial charge on any atom is -0.494 e. The summed E-state index contributed by atoms with van der Waals surface area (Å²) in [6.07, 6.45) is 0.746. The first-order chi connectivity index (χ1) is 12.0. The highest BCUT2D eigenvalue weighted by atomic mass is 16.5. The van der Waals surface area contributed by atoms with Crippen molar-refractivity contribution in [2.45, 2.75) is 26.7 Å². The number of nitrogens with one attached hydrogen (secondary N) is 1. The Kier molecular flexibility index (Phi) is 7.01. The lowest BCUT2D eigenvalue weighted by Gasteiger charge is -2.09. The summed E-state index contributed by atoms with van der Waals surface area (Å²) in [5.41, 5.74) is 2.84. The number of aryl methyl sites for hydroxylation is 2. The first-order valence-electron chi connectivity index (χ1n) is 8.25. The Hall–Kier alpha value is -2.82. The maximum Gasteiger partial charge on any atom is 0.306 e. The number of anilines is 1. The van der Waals surface area contributed by atoms with E-state index in [4.69, 9.17) is 9.47 Å². The molecule has 2 aromatic carbocycles. The van der Waals surface area contributed by atoms with Gasteiger partial charge in [-0.05, 0) is 44.0 Å². The highest BCUT2D eigenvalue weighted by Gasteiger charge is 2.09. The van der Waals surface area contributed by atoms with Crippen LogP contribution in [0.4, 0.5) is 5.69 Å². The first kappa shape index (κ1) is 18.5. The van der Waals surface area contributed by atoms with E-state index in [0.29, 0.717) is 13.0 Å². The van der Waals surface area contributed by atoms with Crippen LogP contribution >= 0.6 is 0 Å². The lowest BCUT2D eigenvalue weighted by molar-refractivity contribution is -0.147. The molecule has 0 aromatic heterocycles. The molecule has 0 fully saturated rings. The van der Waals surface area contributed by atoms with Crippen LogP contribution in [-0.2, 0) is 14.3 Å². The van der Waals surface area contributed by atoms with Gasteiger partial charge in [-0.2, -0.15) is 0 Å². The average Bonchev–Trinajstić information content (AvgIpc) is 2.60. The van der Waals surface area contributed by atoms with Gasteiger partial charge >= 0.3 is 5.97 Å². The zero-order valence-electron chi connectivity index (χ0n) is 14.6. The second-order valence-electron chi connectivity index (χ2n) is 5.79. The van der Waals surface area contributed by atoms with Gasteiger partial charge in [0.05, 0.1) is 6.61 Å². The molecule has 0 unspecified atom stereocenters. The number of benzene rings is 2. The highest BCUT2D eigenvalue weighted by Crippen LogP contribution is 2.13. The molecular formula is C20H23NO4. The predicted octanol–water partition coefficient (Wildman–Crippen LogP) is 3.64. The number of esters is 1.